The van der Waals surface area contributed by atoms with Crippen molar-refractivity contribution in [3.05, 3.63) is 60.2 Å². The number of rotatable bonds is 8. The van der Waals surface area contributed by atoms with Crippen LogP contribution in [0, 0.1) is 0 Å². The van der Waals surface area contributed by atoms with Crippen LogP contribution >= 0.6 is 12.4 Å². The summed E-state index contributed by atoms with van der Waals surface area (Å²) < 4.78 is 11.1. The molecule has 0 bridgehead atoms. The van der Waals surface area contributed by atoms with Gasteiger partial charge in [0.25, 0.3) is 0 Å². The van der Waals surface area contributed by atoms with Crippen LogP contribution in [0.25, 0.3) is 0 Å². The van der Waals surface area contributed by atoms with E-state index in [4.69, 9.17) is 15.2 Å². The highest BCUT2D eigenvalue weighted by atomic mass is 35.5. The van der Waals surface area contributed by atoms with Crippen LogP contribution in [0.4, 0.5) is 5.69 Å². The van der Waals surface area contributed by atoms with Crippen molar-refractivity contribution in [1.29, 1.82) is 0 Å². The molecule has 0 aliphatic heterocycles. The van der Waals surface area contributed by atoms with E-state index in [1.807, 2.05) is 54.6 Å². The quantitative estimate of drug-likeness (QED) is 0.718. The van der Waals surface area contributed by atoms with Crippen molar-refractivity contribution in [2.75, 3.05) is 18.5 Å². The Hall–Kier alpha value is -2.08. The van der Waals surface area contributed by atoms with Gasteiger partial charge >= 0.3 is 0 Å². The molecule has 6 heteroatoms. The lowest BCUT2D eigenvalue weighted by molar-refractivity contribution is -0.117. The third-order valence-corrected chi connectivity index (χ3v) is 3.12. The van der Waals surface area contributed by atoms with E-state index in [2.05, 4.69) is 5.32 Å². The third kappa shape index (κ3) is 7.00. The summed E-state index contributed by atoms with van der Waals surface area (Å²) in [6.07, 6.45) is 0. The van der Waals surface area contributed by atoms with E-state index < -0.39 is 6.04 Å². The number of hydrogen-bond donors (Lipinski definition) is 2. The van der Waals surface area contributed by atoms with Crippen molar-refractivity contribution in [2.24, 2.45) is 5.73 Å². The van der Waals surface area contributed by atoms with E-state index in [0.717, 1.165) is 11.3 Å². The van der Waals surface area contributed by atoms with E-state index >= 15 is 0 Å². The molecule has 24 heavy (non-hydrogen) atoms. The smallest absolute Gasteiger partial charge is 0.240 e. The minimum Gasteiger partial charge on any atom is -0.491 e. The maximum absolute atomic E-state index is 11.6. The number of para-hydroxylation sites is 1. The van der Waals surface area contributed by atoms with Gasteiger partial charge in [-0.25, -0.2) is 0 Å². The number of amides is 1. The van der Waals surface area contributed by atoms with Crippen LogP contribution in [0.15, 0.2) is 54.6 Å². The summed E-state index contributed by atoms with van der Waals surface area (Å²) in [7, 11) is 0. The Labute approximate surface area is 148 Å². The molecule has 0 aliphatic rings. The molecule has 1 amide bonds. The lowest BCUT2D eigenvalue weighted by Gasteiger charge is -2.10. The average molecular weight is 351 g/mol. The molecule has 2 aromatic carbocycles. The topological polar surface area (TPSA) is 73.6 Å². The number of halogens is 1. The van der Waals surface area contributed by atoms with E-state index in [0.29, 0.717) is 25.5 Å². The predicted molar refractivity (Wildman–Crippen MR) is 97.6 cm³/mol. The normalized spacial score (nSPS) is 11.2. The Bertz CT molecular complexity index is 621. The second kappa shape index (κ2) is 10.6. The summed E-state index contributed by atoms with van der Waals surface area (Å²) in [6, 6.07) is 16.6. The monoisotopic (exact) mass is 350 g/mol. The standard InChI is InChI=1S/C18H22N2O3.ClH/c1-14(19)18(21)20-16-7-5-6-15(12-16)13-22-10-11-23-17-8-3-2-4-9-17;/h2-9,12,14H,10-11,13,19H2,1H3,(H,20,21);1H/t14-;/m0./s1. The Morgan fingerprint density at radius 2 is 1.88 bits per heavy atom. The van der Waals surface area contributed by atoms with E-state index in [-0.39, 0.29) is 18.3 Å². The Balaban J connectivity index is 0.00000288. The molecule has 0 fully saturated rings. The summed E-state index contributed by atoms with van der Waals surface area (Å²) in [5, 5.41) is 2.76. The van der Waals surface area contributed by atoms with Gasteiger partial charge in [0, 0.05) is 5.69 Å². The zero-order chi connectivity index (χ0) is 16.5. The molecule has 0 spiro atoms. The molecule has 0 radical (unpaired) electrons. The van der Waals surface area contributed by atoms with Gasteiger partial charge in [-0.2, -0.15) is 0 Å². The summed E-state index contributed by atoms with van der Waals surface area (Å²) in [5.74, 6) is 0.621. The molecule has 3 N–H and O–H groups in total. The maximum Gasteiger partial charge on any atom is 0.240 e. The fourth-order valence-corrected chi connectivity index (χ4v) is 1.92. The first kappa shape index (κ1) is 20.0. The van der Waals surface area contributed by atoms with E-state index in [9.17, 15) is 4.79 Å². The van der Waals surface area contributed by atoms with Gasteiger partial charge in [-0.3, -0.25) is 4.79 Å². The molecule has 130 valence electrons. The predicted octanol–water partition coefficient (Wildman–Crippen LogP) is 2.99. The van der Waals surface area contributed by atoms with Crippen molar-refractivity contribution in [2.45, 2.75) is 19.6 Å². The fraction of sp³-hybridized carbons (Fsp3) is 0.278. The van der Waals surface area contributed by atoms with Gasteiger partial charge in [-0.05, 0) is 36.8 Å². The van der Waals surface area contributed by atoms with Crippen molar-refractivity contribution >= 4 is 24.0 Å². The number of hydrogen-bond acceptors (Lipinski definition) is 4. The summed E-state index contributed by atoms with van der Waals surface area (Å²) in [4.78, 5) is 11.6. The molecule has 0 saturated carbocycles. The average Bonchev–Trinajstić information content (AvgIpc) is 2.56. The zero-order valence-electron chi connectivity index (χ0n) is 13.6. The maximum atomic E-state index is 11.6. The number of carbonyl (C=O) groups is 1. The summed E-state index contributed by atoms with van der Waals surface area (Å²) >= 11 is 0. The lowest BCUT2D eigenvalue weighted by atomic mass is 10.2. The molecular formula is C18H23ClN2O3. The van der Waals surface area contributed by atoms with Crippen molar-refractivity contribution < 1.29 is 14.3 Å². The van der Waals surface area contributed by atoms with Gasteiger partial charge in [-0.1, -0.05) is 30.3 Å². The molecule has 0 unspecified atom stereocenters. The van der Waals surface area contributed by atoms with E-state index in [1.165, 1.54) is 0 Å². The minimum absolute atomic E-state index is 0. The van der Waals surface area contributed by atoms with Crippen LogP contribution in [0.3, 0.4) is 0 Å². The van der Waals surface area contributed by atoms with E-state index in [1.54, 1.807) is 6.92 Å². The van der Waals surface area contributed by atoms with Crippen molar-refractivity contribution in [3.8, 4) is 5.75 Å². The van der Waals surface area contributed by atoms with Crippen LogP contribution in [-0.2, 0) is 16.1 Å². The second-order valence-electron chi connectivity index (χ2n) is 5.19. The van der Waals surface area contributed by atoms with Crippen LogP contribution in [0.1, 0.15) is 12.5 Å². The molecule has 0 aromatic heterocycles. The highest BCUT2D eigenvalue weighted by Crippen LogP contribution is 2.12. The van der Waals surface area contributed by atoms with Crippen LogP contribution in [-0.4, -0.2) is 25.2 Å². The minimum atomic E-state index is -0.537. The van der Waals surface area contributed by atoms with Crippen LogP contribution < -0.4 is 15.8 Å². The third-order valence-electron chi connectivity index (χ3n) is 3.12. The Kier molecular flexibility index (Phi) is 8.86. The number of anilines is 1. The second-order valence-corrected chi connectivity index (χ2v) is 5.19. The van der Waals surface area contributed by atoms with Crippen LogP contribution in [0.5, 0.6) is 5.75 Å². The molecule has 0 heterocycles. The Morgan fingerprint density at radius 1 is 1.12 bits per heavy atom. The first-order valence-corrected chi connectivity index (χ1v) is 7.56. The number of nitrogens with one attached hydrogen (secondary N) is 1. The number of carbonyl (C=O) groups excluding carboxylic acids is 1. The van der Waals surface area contributed by atoms with Gasteiger partial charge in [0.15, 0.2) is 0 Å². The SMILES string of the molecule is C[C@H](N)C(=O)Nc1cccc(COCCOc2ccccc2)c1.Cl. The van der Waals surface area contributed by atoms with Crippen molar-refractivity contribution in [1.82, 2.24) is 0 Å². The summed E-state index contributed by atoms with van der Waals surface area (Å²) in [6.45, 7) is 3.09. The highest BCUT2D eigenvalue weighted by molar-refractivity contribution is 5.94. The van der Waals surface area contributed by atoms with Gasteiger partial charge in [-0.15, -0.1) is 12.4 Å². The highest BCUT2D eigenvalue weighted by Gasteiger charge is 2.07. The molecule has 5 nitrogen and oxygen atoms in total. The summed E-state index contributed by atoms with van der Waals surface area (Å²) in [5.41, 5.74) is 7.23. The van der Waals surface area contributed by atoms with Crippen LogP contribution in [0.2, 0.25) is 0 Å². The first-order chi connectivity index (χ1) is 11.1. The molecule has 0 aliphatic carbocycles. The first-order valence-electron chi connectivity index (χ1n) is 7.56. The molecule has 0 saturated heterocycles. The number of nitrogens with two attached hydrogens (primary N) is 1. The lowest BCUT2D eigenvalue weighted by Crippen LogP contribution is -2.32. The molecule has 2 aromatic rings. The van der Waals surface area contributed by atoms with Gasteiger partial charge in [0.05, 0.1) is 19.3 Å². The molecule has 2 rings (SSSR count). The Morgan fingerprint density at radius 3 is 2.58 bits per heavy atom. The number of benzene rings is 2. The van der Waals surface area contributed by atoms with Gasteiger partial charge < -0.3 is 20.5 Å². The molecular weight excluding hydrogens is 328 g/mol. The fourth-order valence-electron chi connectivity index (χ4n) is 1.92. The largest absolute Gasteiger partial charge is 0.491 e. The van der Waals surface area contributed by atoms with Crippen molar-refractivity contribution in [3.63, 3.8) is 0 Å². The van der Waals surface area contributed by atoms with Gasteiger partial charge in [0.1, 0.15) is 12.4 Å². The molecule has 1 atom stereocenters. The zero-order valence-corrected chi connectivity index (χ0v) is 14.4. The van der Waals surface area contributed by atoms with Gasteiger partial charge in [0.2, 0.25) is 5.91 Å². The number of ether oxygens (including phenoxy) is 2.